The van der Waals surface area contributed by atoms with Crippen molar-refractivity contribution in [2.75, 3.05) is 15.8 Å². The molecule has 0 aliphatic rings. The van der Waals surface area contributed by atoms with Gasteiger partial charge in [-0.15, -0.1) is 0 Å². The summed E-state index contributed by atoms with van der Waals surface area (Å²) in [5, 5.41) is 3.09. The quantitative estimate of drug-likeness (QED) is 0.542. The third-order valence-electron chi connectivity index (χ3n) is 4.01. The molecule has 1 aromatic heterocycles. The Morgan fingerprint density at radius 1 is 1.14 bits per heavy atom. The summed E-state index contributed by atoms with van der Waals surface area (Å²) in [6.07, 6.45) is 1.85. The molecule has 0 aliphatic carbocycles. The lowest BCUT2D eigenvalue weighted by molar-refractivity contribution is -0.116. The van der Waals surface area contributed by atoms with Gasteiger partial charge in [0.2, 0.25) is 15.9 Å². The van der Waals surface area contributed by atoms with E-state index in [9.17, 15) is 18.0 Å². The van der Waals surface area contributed by atoms with Crippen LogP contribution in [0.1, 0.15) is 13.3 Å². The van der Waals surface area contributed by atoms with Crippen LogP contribution in [0.25, 0.3) is 10.9 Å². The highest BCUT2D eigenvalue weighted by atomic mass is 79.9. The molecule has 2 aromatic carbocycles. The van der Waals surface area contributed by atoms with Gasteiger partial charge in [-0.3, -0.25) is 18.9 Å². The lowest BCUT2D eigenvalue weighted by atomic mass is 10.2. The first-order valence-corrected chi connectivity index (χ1v) is 11.3. The van der Waals surface area contributed by atoms with E-state index in [2.05, 4.69) is 31.0 Å². The molecule has 0 aliphatic heterocycles. The second-order valence-electron chi connectivity index (χ2n) is 6.39. The van der Waals surface area contributed by atoms with Crippen molar-refractivity contribution in [1.82, 2.24) is 9.55 Å². The lowest BCUT2D eigenvalue weighted by Gasteiger charge is -2.10. The number of fused-ring (bicyclic) bond motifs is 1. The normalized spacial score (nSPS) is 11.4. The van der Waals surface area contributed by atoms with Gasteiger partial charge in [0.15, 0.2) is 0 Å². The summed E-state index contributed by atoms with van der Waals surface area (Å²) in [7, 11) is -3.37. The Hall–Kier alpha value is -2.72. The Labute approximate surface area is 176 Å². The molecule has 3 aromatic rings. The molecule has 0 radical (unpaired) electrons. The zero-order valence-corrected chi connectivity index (χ0v) is 18.0. The van der Waals surface area contributed by atoms with Crippen LogP contribution in [0, 0.1) is 0 Å². The Morgan fingerprint density at radius 3 is 2.52 bits per heavy atom. The van der Waals surface area contributed by atoms with E-state index in [1.165, 1.54) is 10.9 Å². The average Bonchev–Trinajstić information content (AvgIpc) is 2.66. The maximum Gasteiger partial charge on any atom is 0.261 e. The lowest BCUT2D eigenvalue weighted by Crippen LogP contribution is -2.27. The van der Waals surface area contributed by atoms with E-state index in [0.717, 1.165) is 4.47 Å². The first-order chi connectivity index (χ1) is 13.8. The van der Waals surface area contributed by atoms with Crippen molar-refractivity contribution >= 4 is 54.1 Å². The Morgan fingerprint density at radius 2 is 1.83 bits per heavy atom. The summed E-state index contributed by atoms with van der Waals surface area (Å²) in [5.41, 5.74) is 1.14. The van der Waals surface area contributed by atoms with Crippen LogP contribution in [0.3, 0.4) is 0 Å². The van der Waals surface area contributed by atoms with Gasteiger partial charge in [-0.1, -0.05) is 22.9 Å². The number of rotatable bonds is 7. The van der Waals surface area contributed by atoms with Gasteiger partial charge in [0.25, 0.3) is 5.56 Å². The van der Waals surface area contributed by atoms with E-state index in [1.54, 1.807) is 49.4 Å². The minimum atomic E-state index is -3.37. The second-order valence-corrected chi connectivity index (χ2v) is 9.14. The highest BCUT2D eigenvalue weighted by Gasteiger charge is 2.11. The van der Waals surface area contributed by atoms with Crippen molar-refractivity contribution in [3.8, 4) is 0 Å². The van der Waals surface area contributed by atoms with Crippen molar-refractivity contribution < 1.29 is 13.2 Å². The van der Waals surface area contributed by atoms with Crippen molar-refractivity contribution in [2.24, 2.45) is 0 Å². The van der Waals surface area contributed by atoms with Crippen LogP contribution in [0.4, 0.5) is 11.4 Å². The van der Waals surface area contributed by atoms with E-state index in [-0.39, 0.29) is 17.9 Å². The van der Waals surface area contributed by atoms with Gasteiger partial charge in [-0.2, -0.15) is 0 Å². The number of benzene rings is 2. The monoisotopic (exact) mass is 478 g/mol. The third kappa shape index (κ3) is 5.42. The molecule has 0 atom stereocenters. The summed E-state index contributed by atoms with van der Waals surface area (Å²) in [6.45, 7) is 1.59. The third-order valence-corrected chi connectivity index (χ3v) is 6.00. The van der Waals surface area contributed by atoms with Gasteiger partial charge in [0, 0.05) is 15.8 Å². The molecule has 0 spiro atoms. The van der Waals surface area contributed by atoms with Crippen molar-refractivity contribution in [2.45, 2.75) is 19.9 Å². The number of carbonyl (C=O) groups excluding carboxylic acids is 1. The van der Waals surface area contributed by atoms with E-state index < -0.39 is 15.9 Å². The number of aromatic nitrogens is 2. The zero-order valence-electron chi connectivity index (χ0n) is 15.6. The van der Waals surface area contributed by atoms with Gasteiger partial charge >= 0.3 is 0 Å². The first-order valence-electron chi connectivity index (χ1n) is 8.82. The number of hydrogen-bond acceptors (Lipinski definition) is 5. The summed E-state index contributed by atoms with van der Waals surface area (Å²) in [5.74, 6) is -0.362. The first kappa shape index (κ1) is 21.0. The van der Waals surface area contributed by atoms with E-state index in [1.807, 2.05) is 0 Å². The average molecular weight is 479 g/mol. The number of carbonyl (C=O) groups is 1. The smallest absolute Gasteiger partial charge is 0.261 e. The van der Waals surface area contributed by atoms with Crippen LogP contribution in [0.2, 0.25) is 0 Å². The summed E-state index contributed by atoms with van der Waals surface area (Å²) in [4.78, 5) is 29.1. The van der Waals surface area contributed by atoms with Gasteiger partial charge in [-0.25, -0.2) is 13.4 Å². The van der Waals surface area contributed by atoms with Crippen molar-refractivity contribution in [3.63, 3.8) is 0 Å². The fraction of sp³-hybridized carbons (Fsp3) is 0.211. The predicted octanol–water partition coefficient (Wildman–Crippen LogP) is 2.95. The standard InChI is InChI=1S/C19H19BrN4O4S/c1-2-9-29(27,28)23-15-6-4-14(5-7-15)22-18(25)11-24-12-21-17-8-3-13(20)10-16(17)19(24)26/h3-8,10,12,23H,2,9,11H2,1H3,(H,22,25). The largest absolute Gasteiger partial charge is 0.325 e. The summed E-state index contributed by atoms with van der Waals surface area (Å²) < 4.78 is 28.0. The fourth-order valence-electron chi connectivity index (χ4n) is 2.72. The molecule has 29 heavy (non-hydrogen) atoms. The molecule has 1 amide bonds. The van der Waals surface area contributed by atoms with Crippen LogP contribution in [-0.4, -0.2) is 29.6 Å². The number of halogens is 1. The molecule has 0 fully saturated rings. The van der Waals surface area contributed by atoms with Crippen molar-refractivity contribution in [1.29, 1.82) is 0 Å². The van der Waals surface area contributed by atoms with Gasteiger partial charge < -0.3 is 5.32 Å². The van der Waals surface area contributed by atoms with Crippen LogP contribution >= 0.6 is 15.9 Å². The minimum Gasteiger partial charge on any atom is -0.325 e. The minimum absolute atomic E-state index is 0.0383. The van der Waals surface area contributed by atoms with E-state index in [0.29, 0.717) is 28.7 Å². The second kappa shape index (κ2) is 8.75. The van der Waals surface area contributed by atoms with Crippen LogP contribution in [0.5, 0.6) is 0 Å². The van der Waals surface area contributed by atoms with Crippen molar-refractivity contribution in [3.05, 3.63) is 63.6 Å². The molecule has 2 N–H and O–H groups in total. The fourth-order valence-corrected chi connectivity index (χ4v) is 4.22. The number of sulfonamides is 1. The van der Waals surface area contributed by atoms with Gasteiger partial charge in [0.05, 0.1) is 23.0 Å². The molecule has 1 heterocycles. The van der Waals surface area contributed by atoms with Crippen LogP contribution in [0.15, 0.2) is 58.1 Å². The molecule has 152 valence electrons. The highest BCUT2D eigenvalue weighted by Crippen LogP contribution is 2.16. The van der Waals surface area contributed by atoms with Crippen LogP contribution in [-0.2, 0) is 21.4 Å². The Kier molecular flexibility index (Phi) is 6.33. The molecule has 3 rings (SSSR count). The molecule has 8 nitrogen and oxygen atoms in total. The Balaban J connectivity index is 1.69. The number of nitrogens with one attached hydrogen (secondary N) is 2. The Bertz CT molecular complexity index is 1210. The van der Waals surface area contributed by atoms with E-state index in [4.69, 9.17) is 0 Å². The number of anilines is 2. The zero-order chi connectivity index (χ0) is 21.0. The summed E-state index contributed by atoms with van der Waals surface area (Å²) >= 11 is 3.32. The number of nitrogens with zero attached hydrogens (tertiary/aromatic N) is 2. The molecular formula is C19H19BrN4O4S. The number of hydrogen-bond donors (Lipinski definition) is 2. The van der Waals surface area contributed by atoms with E-state index >= 15 is 0 Å². The highest BCUT2D eigenvalue weighted by molar-refractivity contribution is 9.10. The molecule has 0 unspecified atom stereocenters. The maximum atomic E-state index is 12.6. The maximum absolute atomic E-state index is 12.6. The molecule has 10 heteroatoms. The molecule has 0 saturated carbocycles. The summed E-state index contributed by atoms with van der Waals surface area (Å²) in [6, 6.07) is 11.5. The van der Waals surface area contributed by atoms with Gasteiger partial charge in [0.1, 0.15) is 6.54 Å². The topological polar surface area (TPSA) is 110 Å². The van der Waals surface area contributed by atoms with Gasteiger partial charge in [-0.05, 0) is 48.9 Å². The van der Waals surface area contributed by atoms with Crippen LogP contribution < -0.4 is 15.6 Å². The molecular weight excluding hydrogens is 460 g/mol. The SMILES string of the molecule is CCCS(=O)(=O)Nc1ccc(NC(=O)Cn2cnc3ccc(Br)cc3c2=O)cc1. The molecule has 0 saturated heterocycles. The number of amides is 1. The molecule has 0 bridgehead atoms. The predicted molar refractivity (Wildman–Crippen MR) is 116 cm³/mol.